The molecule has 26 heavy (non-hydrogen) atoms. The van der Waals surface area contributed by atoms with Crippen LogP contribution in [0.5, 0.6) is 0 Å². The third-order valence-electron chi connectivity index (χ3n) is 3.51. The first-order valence-electron chi connectivity index (χ1n) is 8.96. The van der Waals surface area contributed by atoms with Crippen LogP contribution in [0.3, 0.4) is 0 Å². The molecule has 0 spiro atoms. The van der Waals surface area contributed by atoms with Crippen LogP contribution < -0.4 is 10.9 Å². The first-order valence-corrected chi connectivity index (χ1v) is 8.96. The van der Waals surface area contributed by atoms with E-state index in [-0.39, 0.29) is 11.8 Å². The molecule has 0 saturated carbocycles. The van der Waals surface area contributed by atoms with E-state index in [4.69, 9.17) is 0 Å². The van der Waals surface area contributed by atoms with Crippen LogP contribution in [0, 0.1) is 11.8 Å². The van der Waals surface area contributed by atoms with Crippen molar-refractivity contribution in [3.05, 3.63) is 35.4 Å². The highest BCUT2D eigenvalue weighted by Crippen LogP contribution is 2.06. The minimum atomic E-state index is -0.300. The van der Waals surface area contributed by atoms with E-state index in [2.05, 4.69) is 48.7 Å². The molecule has 0 atom stereocenters. The van der Waals surface area contributed by atoms with Crippen molar-refractivity contribution in [2.45, 2.75) is 54.4 Å². The smallest absolute Gasteiger partial charge is 0.267 e. The Kier molecular flexibility index (Phi) is 8.68. The molecule has 0 aromatic heterocycles. The maximum absolute atomic E-state index is 12.1. The summed E-state index contributed by atoms with van der Waals surface area (Å²) in [4.78, 5) is 24.2. The van der Waals surface area contributed by atoms with Gasteiger partial charge < -0.3 is 0 Å². The van der Waals surface area contributed by atoms with Gasteiger partial charge in [-0.2, -0.15) is 10.2 Å². The lowest BCUT2D eigenvalue weighted by Crippen LogP contribution is -2.21. The third-order valence-corrected chi connectivity index (χ3v) is 3.51. The molecule has 142 valence electrons. The lowest BCUT2D eigenvalue weighted by Gasteiger charge is -2.06. The summed E-state index contributed by atoms with van der Waals surface area (Å²) in [6.45, 7) is 12.2. The Morgan fingerprint density at radius 1 is 0.769 bits per heavy atom. The quantitative estimate of drug-likeness (QED) is 0.544. The number of hydrogen-bond acceptors (Lipinski definition) is 4. The van der Waals surface area contributed by atoms with Crippen molar-refractivity contribution in [2.24, 2.45) is 22.0 Å². The van der Waals surface area contributed by atoms with E-state index in [9.17, 15) is 9.59 Å². The van der Waals surface area contributed by atoms with E-state index in [0.717, 1.165) is 24.3 Å². The van der Waals surface area contributed by atoms with Crippen LogP contribution in [-0.2, 0) is 0 Å². The predicted molar refractivity (Wildman–Crippen MR) is 107 cm³/mol. The fourth-order valence-corrected chi connectivity index (χ4v) is 2.47. The van der Waals surface area contributed by atoms with Crippen molar-refractivity contribution in [1.29, 1.82) is 0 Å². The predicted octanol–water partition coefficient (Wildman–Crippen LogP) is 3.99. The molecule has 0 heterocycles. The molecule has 0 bridgehead atoms. The fourth-order valence-electron chi connectivity index (χ4n) is 2.47. The number of carbonyl (C=O) groups excluding carboxylic acids is 2. The van der Waals surface area contributed by atoms with E-state index in [1.807, 2.05) is 13.8 Å². The number of nitrogens with zero attached hydrogens (tertiary/aromatic N) is 2. The maximum atomic E-state index is 12.1. The van der Waals surface area contributed by atoms with Crippen LogP contribution in [0.25, 0.3) is 0 Å². The number of hydrogen-bond donors (Lipinski definition) is 2. The van der Waals surface area contributed by atoms with Gasteiger partial charge in [0.2, 0.25) is 0 Å². The zero-order chi connectivity index (χ0) is 19.7. The van der Waals surface area contributed by atoms with Crippen molar-refractivity contribution < 1.29 is 9.59 Å². The Morgan fingerprint density at radius 2 is 1.08 bits per heavy atom. The van der Waals surface area contributed by atoms with E-state index in [1.54, 1.807) is 24.3 Å². The van der Waals surface area contributed by atoms with E-state index >= 15 is 0 Å². The molecular formula is C20H30N4O2. The number of rotatable bonds is 8. The van der Waals surface area contributed by atoms with E-state index in [0.29, 0.717) is 23.0 Å². The van der Waals surface area contributed by atoms with Crippen LogP contribution in [0.15, 0.2) is 34.5 Å². The summed E-state index contributed by atoms with van der Waals surface area (Å²) >= 11 is 0. The average Bonchev–Trinajstić information content (AvgIpc) is 2.56. The van der Waals surface area contributed by atoms with Gasteiger partial charge >= 0.3 is 0 Å². The summed E-state index contributed by atoms with van der Waals surface area (Å²) in [5.74, 6) is 0.372. The van der Waals surface area contributed by atoms with Gasteiger partial charge in [0.15, 0.2) is 0 Å². The topological polar surface area (TPSA) is 82.9 Å². The largest absolute Gasteiger partial charge is 0.271 e. The van der Waals surface area contributed by atoms with Gasteiger partial charge in [0.25, 0.3) is 11.8 Å². The minimum absolute atomic E-state index is 0.300. The maximum Gasteiger partial charge on any atom is 0.271 e. The van der Waals surface area contributed by atoms with Gasteiger partial charge in [0.05, 0.1) is 0 Å². The second-order valence-electron chi connectivity index (χ2n) is 7.35. The monoisotopic (exact) mass is 358 g/mol. The Morgan fingerprint density at radius 3 is 1.35 bits per heavy atom. The Balaban J connectivity index is 2.64. The van der Waals surface area contributed by atoms with Gasteiger partial charge in [0, 0.05) is 22.6 Å². The lowest BCUT2D eigenvalue weighted by molar-refractivity contribution is 0.0943. The number of benzene rings is 1. The third kappa shape index (κ3) is 8.05. The molecule has 0 aliphatic carbocycles. The molecule has 0 unspecified atom stereocenters. The van der Waals surface area contributed by atoms with Crippen molar-refractivity contribution in [2.75, 3.05) is 0 Å². The van der Waals surface area contributed by atoms with Crippen LogP contribution >= 0.6 is 0 Å². The van der Waals surface area contributed by atoms with Crippen molar-refractivity contribution in [3.63, 3.8) is 0 Å². The van der Waals surface area contributed by atoms with Gasteiger partial charge in [-0.05, 0) is 62.8 Å². The second kappa shape index (κ2) is 10.5. The molecule has 1 aromatic rings. The fraction of sp³-hybridized carbons (Fsp3) is 0.500. The van der Waals surface area contributed by atoms with Crippen LogP contribution in [0.2, 0.25) is 0 Å². The summed E-state index contributed by atoms with van der Waals surface area (Å²) < 4.78 is 0. The molecule has 0 aliphatic heterocycles. The summed E-state index contributed by atoms with van der Waals surface area (Å²) in [7, 11) is 0. The van der Waals surface area contributed by atoms with Crippen LogP contribution in [0.1, 0.15) is 75.1 Å². The van der Waals surface area contributed by atoms with Crippen LogP contribution in [-0.4, -0.2) is 23.2 Å². The standard InChI is InChI=1S/C20H30N4O2/c1-13(2)11-15(5)21-23-19(25)17-7-9-18(10-8-17)20(26)24-22-16(6)12-14(3)4/h7-10,13-14H,11-12H2,1-6H3,(H,23,25)(H,24,26). The molecule has 2 amide bonds. The number of nitrogens with one attached hydrogen (secondary N) is 2. The molecule has 0 fully saturated rings. The summed E-state index contributed by atoms with van der Waals surface area (Å²) in [5.41, 5.74) is 7.72. The number of carbonyl (C=O) groups is 2. The van der Waals surface area contributed by atoms with Gasteiger partial charge in [0.1, 0.15) is 0 Å². The Bertz CT molecular complexity index is 615. The molecule has 0 saturated heterocycles. The zero-order valence-corrected chi connectivity index (χ0v) is 16.6. The van der Waals surface area contributed by atoms with Gasteiger partial charge in [-0.3, -0.25) is 9.59 Å². The molecule has 1 aromatic carbocycles. The summed E-state index contributed by atoms with van der Waals surface area (Å²) in [6.07, 6.45) is 1.66. The molecule has 2 N–H and O–H groups in total. The first-order chi connectivity index (χ1) is 12.2. The molecule has 6 nitrogen and oxygen atoms in total. The van der Waals surface area contributed by atoms with Gasteiger partial charge in [-0.15, -0.1) is 0 Å². The highest BCUT2D eigenvalue weighted by atomic mass is 16.2. The number of hydrazone groups is 2. The van der Waals surface area contributed by atoms with Crippen molar-refractivity contribution in [3.8, 4) is 0 Å². The zero-order valence-electron chi connectivity index (χ0n) is 16.6. The highest BCUT2D eigenvalue weighted by Gasteiger charge is 2.09. The highest BCUT2D eigenvalue weighted by molar-refractivity contribution is 5.98. The van der Waals surface area contributed by atoms with E-state index < -0.39 is 0 Å². The average molecular weight is 358 g/mol. The first kappa shape index (κ1) is 21.5. The van der Waals surface area contributed by atoms with Crippen LogP contribution in [0.4, 0.5) is 0 Å². The molecule has 6 heteroatoms. The van der Waals surface area contributed by atoms with E-state index in [1.165, 1.54) is 0 Å². The lowest BCUT2D eigenvalue weighted by atomic mass is 10.1. The van der Waals surface area contributed by atoms with Crippen molar-refractivity contribution >= 4 is 23.2 Å². The second-order valence-corrected chi connectivity index (χ2v) is 7.35. The molecule has 0 radical (unpaired) electrons. The van der Waals surface area contributed by atoms with Crippen molar-refractivity contribution in [1.82, 2.24) is 10.9 Å². The molecule has 1 rings (SSSR count). The van der Waals surface area contributed by atoms with Gasteiger partial charge in [-0.1, -0.05) is 27.7 Å². The SMILES string of the molecule is CC(CC(C)C)=NNC(=O)c1ccc(C(=O)NN=C(C)CC(C)C)cc1. The summed E-state index contributed by atoms with van der Waals surface area (Å²) in [6, 6.07) is 6.40. The Labute approximate surface area is 156 Å². The van der Waals surface area contributed by atoms with Gasteiger partial charge in [-0.25, -0.2) is 10.9 Å². The normalized spacial score (nSPS) is 12.5. The molecule has 0 aliphatic rings. The molecular weight excluding hydrogens is 328 g/mol. The minimum Gasteiger partial charge on any atom is -0.267 e. The summed E-state index contributed by atoms with van der Waals surface area (Å²) in [5, 5.41) is 8.18. The number of amides is 2. The Hall–Kier alpha value is -2.50.